The van der Waals surface area contributed by atoms with Gasteiger partial charge in [0.25, 0.3) is 0 Å². The third kappa shape index (κ3) is 5.55. The number of rotatable bonds is 7. The first-order valence-corrected chi connectivity index (χ1v) is 10.6. The maximum Gasteiger partial charge on any atom is 0.305 e. The van der Waals surface area contributed by atoms with Crippen LogP contribution in [-0.2, 0) is 29.0 Å². The molecule has 2 aromatic carbocycles. The Labute approximate surface area is 182 Å². The Bertz CT molecular complexity index is 912. The molecule has 0 aliphatic carbocycles. The normalized spacial score (nSPS) is 14.5. The van der Waals surface area contributed by atoms with Gasteiger partial charge in [-0.1, -0.05) is 37.2 Å². The Morgan fingerprint density at radius 2 is 2.13 bits per heavy atom. The molecule has 6 heteroatoms. The molecule has 3 rings (SSSR count). The maximum atomic E-state index is 11.0. The number of halogens is 1. The van der Waals surface area contributed by atoms with Crippen LogP contribution in [0.3, 0.4) is 0 Å². The molecular weight excluding hydrogens is 402 g/mol. The van der Waals surface area contributed by atoms with Gasteiger partial charge in [0.1, 0.15) is 12.4 Å². The van der Waals surface area contributed by atoms with Crippen LogP contribution < -0.4 is 4.74 Å². The van der Waals surface area contributed by atoms with Crippen LogP contribution in [0.1, 0.15) is 35.6 Å². The number of carbonyl (C=O) groups is 1. The van der Waals surface area contributed by atoms with E-state index in [-0.39, 0.29) is 6.42 Å². The van der Waals surface area contributed by atoms with Crippen LogP contribution in [0.25, 0.3) is 5.70 Å². The van der Waals surface area contributed by atoms with Crippen molar-refractivity contribution < 1.29 is 19.4 Å². The Morgan fingerprint density at radius 3 is 2.90 bits per heavy atom. The van der Waals surface area contributed by atoms with Gasteiger partial charge in [0.15, 0.2) is 0 Å². The Morgan fingerprint density at radius 1 is 1.30 bits per heavy atom. The molecule has 30 heavy (non-hydrogen) atoms. The lowest BCUT2D eigenvalue weighted by molar-refractivity contribution is -0.137. The molecule has 0 saturated carbocycles. The quantitative estimate of drug-likeness (QED) is 0.685. The summed E-state index contributed by atoms with van der Waals surface area (Å²) in [7, 11) is 0. The van der Waals surface area contributed by atoms with Gasteiger partial charge in [-0.15, -0.1) is 0 Å². The molecule has 1 heterocycles. The van der Waals surface area contributed by atoms with E-state index in [4.69, 9.17) is 26.2 Å². The molecule has 2 aromatic rings. The van der Waals surface area contributed by atoms with Crippen molar-refractivity contribution in [2.75, 3.05) is 26.3 Å². The van der Waals surface area contributed by atoms with Gasteiger partial charge in [0.2, 0.25) is 0 Å². The number of ether oxygens (including phenoxy) is 2. The zero-order valence-electron chi connectivity index (χ0n) is 17.3. The van der Waals surface area contributed by atoms with E-state index in [1.165, 1.54) is 5.56 Å². The van der Waals surface area contributed by atoms with Gasteiger partial charge in [0.05, 0.1) is 19.6 Å². The van der Waals surface area contributed by atoms with E-state index in [0.29, 0.717) is 37.9 Å². The van der Waals surface area contributed by atoms with E-state index in [2.05, 4.69) is 19.6 Å². The Balaban J connectivity index is 1.79. The average Bonchev–Trinajstić information content (AvgIpc) is 2.80. The summed E-state index contributed by atoms with van der Waals surface area (Å²) in [4.78, 5) is 13.0. The first-order valence-electron chi connectivity index (χ1n) is 10.2. The molecule has 1 N–H and O–H groups in total. The second kappa shape index (κ2) is 10.5. The standard InChI is InChI=1S/C24H28ClNO4/c1-3-18-5-4-6-23(25)22(18)16-30-20-7-8-21-17(2)26(11-9-24(27)28)12-14-29-13-10-19(21)15-20/h4-8,15H,2-3,9-14,16H2,1H3,(H,27,28). The first kappa shape index (κ1) is 22.2. The van der Waals surface area contributed by atoms with Gasteiger partial charge in [-0.25, -0.2) is 0 Å². The SMILES string of the molecule is C=C1c2ccc(OCc3c(Cl)cccc3CC)cc2CCOCCN1CCC(=O)O. The van der Waals surface area contributed by atoms with Crippen molar-refractivity contribution >= 4 is 23.3 Å². The molecule has 0 spiro atoms. The minimum atomic E-state index is -0.821. The van der Waals surface area contributed by atoms with Crippen molar-refractivity contribution in [1.82, 2.24) is 4.90 Å². The highest BCUT2D eigenvalue weighted by atomic mass is 35.5. The molecule has 1 aliphatic heterocycles. The number of carboxylic acids is 1. The van der Waals surface area contributed by atoms with Gasteiger partial charge in [-0.2, -0.15) is 0 Å². The third-order valence-electron chi connectivity index (χ3n) is 5.37. The number of nitrogens with zero attached hydrogens (tertiary/aromatic N) is 1. The predicted octanol–water partition coefficient (Wildman–Crippen LogP) is 4.80. The number of hydrogen-bond donors (Lipinski definition) is 1. The van der Waals surface area contributed by atoms with Crippen LogP contribution in [0.2, 0.25) is 5.02 Å². The number of hydrogen-bond acceptors (Lipinski definition) is 4. The van der Waals surface area contributed by atoms with Crippen LogP contribution in [0.4, 0.5) is 0 Å². The van der Waals surface area contributed by atoms with Crippen LogP contribution in [0, 0.1) is 0 Å². The Kier molecular flexibility index (Phi) is 7.77. The summed E-state index contributed by atoms with van der Waals surface area (Å²) in [5.74, 6) is -0.0570. The van der Waals surface area contributed by atoms with Crippen LogP contribution in [0.15, 0.2) is 43.0 Å². The number of carboxylic acid groups (broad SMARTS) is 1. The summed E-state index contributed by atoms with van der Waals surface area (Å²) < 4.78 is 11.8. The molecule has 160 valence electrons. The first-order chi connectivity index (χ1) is 14.5. The zero-order valence-corrected chi connectivity index (χ0v) is 18.1. The number of aliphatic carboxylic acids is 1. The number of aryl methyl sites for hydroxylation is 1. The maximum absolute atomic E-state index is 11.0. The van der Waals surface area contributed by atoms with E-state index in [1.54, 1.807) is 0 Å². The monoisotopic (exact) mass is 429 g/mol. The van der Waals surface area contributed by atoms with Gasteiger partial charge in [-0.3, -0.25) is 4.79 Å². The summed E-state index contributed by atoms with van der Waals surface area (Å²) in [6.45, 7) is 8.91. The highest BCUT2D eigenvalue weighted by molar-refractivity contribution is 6.31. The number of fused-ring (bicyclic) bond motifs is 1. The van der Waals surface area contributed by atoms with Gasteiger partial charge in [-0.05, 0) is 48.2 Å². The summed E-state index contributed by atoms with van der Waals surface area (Å²) in [5.41, 5.74) is 5.10. The van der Waals surface area contributed by atoms with E-state index >= 15 is 0 Å². The highest BCUT2D eigenvalue weighted by Gasteiger charge is 2.17. The molecule has 0 atom stereocenters. The van der Waals surface area contributed by atoms with E-state index < -0.39 is 5.97 Å². The second-order valence-electron chi connectivity index (χ2n) is 7.28. The largest absolute Gasteiger partial charge is 0.489 e. The fraction of sp³-hybridized carbons (Fsp3) is 0.375. The lowest BCUT2D eigenvalue weighted by Crippen LogP contribution is -2.28. The fourth-order valence-corrected chi connectivity index (χ4v) is 3.89. The average molecular weight is 430 g/mol. The summed E-state index contributed by atoms with van der Waals surface area (Å²) in [5, 5.41) is 9.76. The van der Waals surface area contributed by atoms with Crippen LogP contribution in [0.5, 0.6) is 5.75 Å². The molecule has 0 fully saturated rings. The molecule has 1 aliphatic rings. The summed E-state index contributed by atoms with van der Waals surface area (Å²) in [6.07, 6.45) is 1.70. The summed E-state index contributed by atoms with van der Waals surface area (Å²) >= 11 is 6.38. The van der Waals surface area contributed by atoms with Gasteiger partial charge < -0.3 is 19.5 Å². The van der Waals surface area contributed by atoms with Crippen molar-refractivity contribution in [2.24, 2.45) is 0 Å². The van der Waals surface area contributed by atoms with Crippen molar-refractivity contribution in [3.05, 3.63) is 70.3 Å². The highest BCUT2D eigenvalue weighted by Crippen LogP contribution is 2.29. The predicted molar refractivity (Wildman–Crippen MR) is 119 cm³/mol. The minimum Gasteiger partial charge on any atom is -0.489 e. The second-order valence-corrected chi connectivity index (χ2v) is 7.69. The lowest BCUT2D eigenvalue weighted by Gasteiger charge is -2.26. The lowest BCUT2D eigenvalue weighted by atomic mass is 10.0. The number of benzene rings is 2. The smallest absolute Gasteiger partial charge is 0.305 e. The molecule has 0 unspecified atom stereocenters. The van der Waals surface area contributed by atoms with Crippen LogP contribution >= 0.6 is 11.6 Å². The minimum absolute atomic E-state index is 0.0626. The van der Waals surface area contributed by atoms with Crippen molar-refractivity contribution in [2.45, 2.75) is 32.8 Å². The third-order valence-corrected chi connectivity index (χ3v) is 5.72. The molecule has 5 nitrogen and oxygen atoms in total. The topological polar surface area (TPSA) is 59.0 Å². The molecule has 0 bridgehead atoms. The van der Waals surface area contributed by atoms with Crippen molar-refractivity contribution in [3.8, 4) is 5.75 Å². The van der Waals surface area contributed by atoms with Crippen LogP contribution in [-0.4, -0.2) is 42.3 Å². The molecule has 0 aromatic heterocycles. The molecule has 0 radical (unpaired) electrons. The van der Waals surface area contributed by atoms with E-state index in [9.17, 15) is 4.79 Å². The Hall–Kier alpha value is -2.50. The van der Waals surface area contributed by atoms with Gasteiger partial charge in [0, 0.05) is 34.9 Å². The van der Waals surface area contributed by atoms with E-state index in [1.807, 2.05) is 35.2 Å². The summed E-state index contributed by atoms with van der Waals surface area (Å²) in [6, 6.07) is 11.9. The van der Waals surface area contributed by atoms with Crippen molar-refractivity contribution in [1.29, 1.82) is 0 Å². The molecular formula is C24H28ClNO4. The van der Waals surface area contributed by atoms with Crippen molar-refractivity contribution in [3.63, 3.8) is 0 Å². The van der Waals surface area contributed by atoms with E-state index in [0.717, 1.165) is 41.0 Å². The molecule has 0 amide bonds. The fourth-order valence-electron chi connectivity index (χ4n) is 3.64. The zero-order chi connectivity index (χ0) is 21.5. The molecule has 0 saturated heterocycles. The van der Waals surface area contributed by atoms with Gasteiger partial charge >= 0.3 is 5.97 Å².